The summed E-state index contributed by atoms with van der Waals surface area (Å²) in [7, 11) is 0. The highest BCUT2D eigenvalue weighted by Crippen LogP contribution is 2.48. The fourth-order valence-electron chi connectivity index (χ4n) is 2.00. The van der Waals surface area contributed by atoms with Crippen molar-refractivity contribution >= 4 is 17.8 Å². The van der Waals surface area contributed by atoms with E-state index in [0.717, 1.165) is 18.4 Å². The highest BCUT2D eigenvalue weighted by atomic mass is 16.6. The van der Waals surface area contributed by atoms with E-state index in [9.17, 15) is 9.59 Å². The maximum absolute atomic E-state index is 11.6. The lowest BCUT2D eigenvalue weighted by atomic mass is 9.95. The number of rotatable bonds is 3. The Hall–Kier alpha value is -1.98. The van der Waals surface area contributed by atoms with Crippen LogP contribution in [0.5, 0.6) is 0 Å². The monoisotopic (exact) mass is 277 g/mol. The molecule has 1 fully saturated rings. The van der Waals surface area contributed by atoms with Crippen molar-refractivity contribution in [1.82, 2.24) is 9.97 Å². The van der Waals surface area contributed by atoms with Gasteiger partial charge in [0.25, 0.3) is 0 Å². The normalized spacial score (nSPS) is 16.4. The summed E-state index contributed by atoms with van der Waals surface area (Å²) in [6.07, 6.45) is 4.26. The molecule has 1 aliphatic rings. The zero-order valence-electron chi connectivity index (χ0n) is 12.2. The van der Waals surface area contributed by atoms with Crippen molar-refractivity contribution in [3.8, 4) is 0 Å². The number of anilines is 1. The number of nitrogens with zero attached hydrogens (tertiary/aromatic N) is 2. The van der Waals surface area contributed by atoms with Gasteiger partial charge in [-0.15, -0.1) is 0 Å². The summed E-state index contributed by atoms with van der Waals surface area (Å²) in [6.45, 7) is 6.92. The third kappa shape index (κ3) is 3.12. The van der Waals surface area contributed by atoms with E-state index in [1.165, 1.54) is 0 Å². The Kier molecular flexibility index (Phi) is 3.50. The van der Waals surface area contributed by atoms with Crippen LogP contribution in [0, 0.1) is 0 Å². The average molecular weight is 277 g/mol. The second-order valence-electron chi connectivity index (χ2n) is 6.06. The number of Topliss-reactive ketones (excluding diaryl/α,β-unsaturated/α-hetero) is 1. The van der Waals surface area contributed by atoms with Crippen LogP contribution in [-0.4, -0.2) is 27.4 Å². The Morgan fingerprint density at radius 2 is 1.80 bits per heavy atom. The number of hydrogen-bond acceptors (Lipinski definition) is 5. The SMILES string of the molecule is CC(=O)C1(c2cnc(NC(=O)OC(C)(C)C)nc2)CC1. The Morgan fingerprint density at radius 1 is 1.25 bits per heavy atom. The first kappa shape index (κ1) is 14.4. The van der Waals surface area contributed by atoms with Crippen molar-refractivity contribution in [3.63, 3.8) is 0 Å². The molecule has 0 unspecified atom stereocenters. The van der Waals surface area contributed by atoms with Crippen LogP contribution in [0.2, 0.25) is 0 Å². The molecule has 0 aromatic carbocycles. The summed E-state index contributed by atoms with van der Waals surface area (Å²) < 4.78 is 5.11. The standard InChI is InChI=1S/C14H19N3O3/c1-9(18)14(5-6-14)10-7-15-11(16-8-10)17-12(19)20-13(2,3)4/h7-8H,5-6H2,1-4H3,(H,15,16,17,19). The van der Waals surface area contributed by atoms with Gasteiger partial charge in [-0.2, -0.15) is 0 Å². The van der Waals surface area contributed by atoms with Crippen molar-refractivity contribution in [2.45, 2.75) is 51.6 Å². The van der Waals surface area contributed by atoms with Gasteiger partial charge in [-0.05, 0) is 40.5 Å². The Bertz CT molecular complexity index is 528. The maximum Gasteiger partial charge on any atom is 0.414 e. The Morgan fingerprint density at radius 3 is 2.20 bits per heavy atom. The van der Waals surface area contributed by atoms with Crippen molar-refractivity contribution in [1.29, 1.82) is 0 Å². The summed E-state index contributed by atoms with van der Waals surface area (Å²) in [5.74, 6) is 0.302. The third-order valence-electron chi connectivity index (χ3n) is 3.24. The molecule has 0 bridgehead atoms. The number of hydrogen-bond donors (Lipinski definition) is 1. The molecule has 0 saturated heterocycles. The lowest BCUT2D eigenvalue weighted by Crippen LogP contribution is -2.28. The molecule has 1 heterocycles. The summed E-state index contributed by atoms with van der Waals surface area (Å²) >= 11 is 0. The predicted octanol–water partition coefficient (Wildman–Crippen LogP) is 2.44. The molecule has 108 valence electrons. The molecule has 1 aromatic heterocycles. The second-order valence-corrected chi connectivity index (χ2v) is 6.06. The highest BCUT2D eigenvalue weighted by Gasteiger charge is 2.49. The lowest BCUT2D eigenvalue weighted by molar-refractivity contribution is -0.119. The first-order chi connectivity index (χ1) is 9.23. The molecule has 1 amide bonds. The number of ketones is 1. The predicted molar refractivity (Wildman–Crippen MR) is 73.5 cm³/mol. The van der Waals surface area contributed by atoms with Crippen LogP contribution >= 0.6 is 0 Å². The number of ether oxygens (including phenoxy) is 1. The van der Waals surface area contributed by atoms with Gasteiger partial charge in [0.1, 0.15) is 11.4 Å². The third-order valence-corrected chi connectivity index (χ3v) is 3.24. The van der Waals surface area contributed by atoms with E-state index in [-0.39, 0.29) is 11.7 Å². The van der Waals surface area contributed by atoms with Crippen LogP contribution < -0.4 is 5.32 Å². The van der Waals surface area contributed by atoms with Gasteiger partial charge in [0.2, 0.25) is 5.95 Å². The van der Waals surface area contributed by atoms with E-state index in [4.69, 9.17) is 4.74 Å². The van der Waals surface area contributed by atoms with E-state index in [1.54, 1.807) is 40.1 Å². The van der Waals surface area contributed by atoms with Crippen LogP contribution in [0.3, 0.4) is 0 Å². The molecule has 0 radical (unpaired) electrons. The minimum Gasteiger partial charge on any atom is -0.444 e. The molecule has 2 rings (SSSR count). The van der Waals surface area contributed by atoms with Gasteiger partial charge in [-0.3, -0.25) is 10.1 Å². The lowest BCUT2D eigenvalue weighted by Gasteiger charge is -2.19. The maximum atomic E-state index is 11.6. The fourth-order valence-corrected chi connectivity index (χ4v) is 2.00. The van der Waals surface area contributed by atoms with Crippen LogP contribution in [0.4, 0.5) is 10.7 Å². The number of amides is 1. The molecule has 1 aromatic rings. The molecule has 6 heteroatoms. The fraction of sp³-hybridized carbons (Fsp3) is 0.571. The number of nitrogens with one attached hydrogen (secondary N) is 1. The molecule has 0 atom stereocenters. The van der Waals surface area contributed by atoms with Gasteiger partial charge in [0.15, 0.2) is 0 Å². The van der Waals surface area contributed by atoms with Gasteiger partial charge in [-0.1, -0.05) is 0 Å². The van der Waals surface area contributed by atoms with Crippen molar-refractivity contribution in [3.05, 3.63) is 18.0 Å². The topological polar surface area (TPSA) is 81.2 Å². The first-order valence-corrected chi connectivity index (χ1v) is 6.56. The van der Waals surface area contributed by atoms with Gasteiger partial charge < -0.3 is 4.74 Å². The van der Waals surface area contributed by atoms with Crippen LogP contribution in [0.15, 0.2) is 12.4 Å². The van der Waals surface area contributed by atoms with E-state index in [2.05, 4.69) is 15.3 Å². The molecule has 1 saturated carbocycles. The van der Waals surface area contributed by atoms with Gasteiger partial charge in [0.05, 0.1) is 5.41 Å². The summed E-state index contributed by atoms with van der Waals surface area (Å²) in [5.41, 5.74) is -0.166. The zero-order valence-corrected chi connectivity index (χ0v) is 12.2. The van der Waals surface area contributed by atoms with E-state index >= 15 is 0 Å². The minimum atomic E-state index is -0.599. The Labute approximate surface area is 118 Å². The largest absolute Gasteiger partial charge is 0.444 e. The molecule has 0 spiro atoms. The van der Waals surface area contributed by atoms with E-state index in [0.29, 0.717) is 0 Å². The van der Waals surface area contributed by atoms with Crippen molar-refractivity contribution < 1.29 is 14.3 Å². The molecule has 1 N–H and O–H groups in total. The van der Waals surface area contributed by atoms with E-state index in [1.807, 2.05) is 0 Å². The first-order valence-electron chi connectivity index (χ1n) is 6.56. The zero-order chi connectivity index (χ0) is 15.0. The quantitative estimate of drug-likeness (QED) is 0.917. The van der Waals surface area contributed by atoms with Gasteiger partial charge in [0, 0.05) is 18.0 Å². The minimum absolute atomic E-state index is 0.133. The summed E-state index contributed by atoms with van der Waals surface area (Å²) in [5, 5.41) is 2.46. The van der Waals surface area contributed by atoms with Crippen molar-refractivity contribution in [2.75, 3.05) is 5.32 Å². The van der Waals surface area contributed by atoms with Gasteiger partial charge >= 0.3 is 6.09 Å². The summed E-state index contributed by atoms with van der Waals surface area (Å²) in [4.78, 5) is 31.3. The average Bonchev–Trinajstić information content (AvgIpc) is 3.08. The molecule has 20 heavy (non-hydrogen) atoms. The second kappa shape index (κ2) is 4.85. The molecule has 0 aliphatic heterocycles. The molecular formula is C14H19N3O3. The Balaban J connectivity index is 2.03. The van der Waals surface area contributed by atoms with Crippen LogP contribution in [0.1, 0.15) is 46.1 Å². The van der Waals surface area contributed by atoms with E-state index < -0.39 is 17.1 Å². The smallest absolute Gasteiger partial charge is 0.414 e. The number of carbonyl (C=O) groups excluding carboxylic acids is 2. The molecular weight excluding hydrogens is 258 g/mol. The molecule has 1 aliphatic carbocycles. The van der Waals surface area contributed by atoms with Crippen LogP contribution in [-0.2, 0) is 14.9 Å². The number of carbonyl (C=O) groups is 2. The number of aromatic nitrogens is 2. The summed E-state index contributed by atoms with van der Waals surface area (Å²) in [6, 6.07) is 0. The van der Waals surface area contributed by atoms with Crippen molar-refractivity contribution in [2.24, 2.45) is 0 Å². The van der Waals surface area contributed by atoms with Gasteiger partial charge in [-0.25, -0.2) is 14.8 Å². The molecule has 6 nitrogen and oxygen atoms in total. The highest BCUT2D eigenvalue weighted by molar-refractivity contribution is 5.91. The van der Waals surface area contributed by atoms with Crippen LogP contribution in [0.25, 0.3) is 0 Å².